The summed E-state index contributed by atoms with van der Waals surface area (Å²) in [7, 11) is 0.732. The van der Waals surface area contributed by atoms with E-state index in [0.717, 1.165) is 29.8 Å². The number of hydrogen-bond donors (Lipinski definition) is 1. The van der Waals surface area contributed by atoms with Crippen molar-refractivity contribution in [3.8, 4) is 28.8 Å². The molecule has 0 atom stereocenters. The molecule has 7 nitrogen and oxygen atoms in total. The van der Waals surface area contributed by atoms with E-state index in [4.69, 9.17) is 10.5 Å². The maximum Gasteiger partial charge on any atom is 0.180 e. The second kappa shape index (κ2) is 11.1. The van der Waals surface area contributed by atoms with E-state index in [1.54, 1.807) is 44.3 Å². The first-order valence-electron chi connectivity index (χ1n) is 11.0. The van der Waals surface area contributed by atoms with Crippen LogP contribution in [0, 0.1) is 11.8 Å². The Kier molecular flexibility index (Phi) is 8.26. The van der Waals surface area contributed by atoms with E-state index in [-0.39, 0.29) is 10.7 Å². The Morgan fingerprint density at radius 1 is 1.09 bits per heavy atom. The van der Waals surface area contributed by atoms with Crippen molar-refractivity contribution in [1.82, 2.24) is 14.9 Å². The minimum atomic E-state index is -3.34. The number of benzene rings is 2. The van der Waals surface area contributed by atoms with Gasteiger partial charge in [-0.3, -0.25) is 0 Å². The number of nitrogen functional groups attached to an aromatic ring is 1. The standard InChI is InChI=1S/C26H30N4O3S/c1-19(2)34(31,32)23-12-10-21(11-13-23)25-18-28-26(27)24(29-25)14-9-20-7-5-8-22(17-20)33-16-6-15-30(3)4/h5,7-8,10-13,17-19H,6,15-16H2,1-4H3,(H2,27,28). The van der Waals surface area contributed by atoms with E-state index in [2.05, 4.69) is 26.7 Å². The maximum absolute atomic E-state index is 12.3. The number of anilines is 1. The van der Waals surface area contributed by atoms with Crippen LogP contribution in [0.3, 0.4) is 0 Å². The van der Waals surface area contributed by atoms with Crippen LogP contribution >= 0.6 is 0 Å². The topological polar surface area (TPSA) is 98.4 Å². The molecule has 0 aliphatic heterocycles. The van der Waals surface area contributed by atoms with E-state index in [1.807, 2.05) is 38.4 Å². The third-order valence-electron chi connectivity index (χ3n) is 5.08. The molecule has 0 saturated carbocycles. The summed E-state index contributed by atoms with van der Waals surface area (Å²) in [5.41, 5.74) is 8.42. The Labute approximate surface area is 201 Å². The highest BCUT2D eigenvalue weighted by atomic mass is 32.2. The number of nitrogens with two attached hydrogens (primary N) is 1. The molecule has 8 heteroatoms. The third kappa shape index (κ3) is 6.56. The number of hydrogen-bond acceptors (Lipinski definition) is 7. The van der Waals surface area contributed by atoms with Crippen LogP contribution < -0.4 is 10.5 Å². The molecule has 0 aliphatic carbocycles. The number of rotatable bonds is 8. The first kappa shape index (κ1) is 25.2. The van der Waals surface area contributed by atoms with Gasteiger partial charge in [0.05, 0.1) is 28.6 Å². The predicted molar refractivity (Wildman–Crippen MR) is 135 cm³/mol. The molecular formula is C26H30N4O3S. The van der Waals surface area contributed by atoms with Crippen molar-refractivity contribution in [2.75, 3.05) is 33.0 Å². The van der Waals surface area contributed by atoms with Gasteiger partial charge in [0, 0.05) is 17.7 Å². The van der Waals surface area contributed by atoms with Gasteiger partial charge in [-0.25, -0.2) is 18.4 Å². The first-order valence-corrected chi connectivity index (χ1v) is 12.6. The molecule has 2 aromatic carbocycles. The zero-order valence-corrected chi connectivity index (χ0v) is 20.8. The molecule has 0 fully saturated rings. The molecule has 3 aromatic rings. The summed E-state index contributed by atoms with van der Waals surface area (Å²) >= 11 is 0. The monoisotopic (exact) mass is 478 g/mol. The van der Waals surface area contributed by atoms with Crippen molar-refractivity contribution < 1.29 is 13.2 Å². The Morgan fingerprint density at radius 2 is 1.82 bits per heavy atom. The number of ether oxygens (including phenoxy) is 1. The van der Waals surface area contributed by atoms with Crippen LogP contribution in [0.25, 0.3) is 11.3 Å². The molecule has 34 heavy (non-hydrogen) atoms. The molecule has 0 spiro atoms. The molecule has 2 N–H and O–H groups in total. The number of sulfone groups is 1. The smallest absolute Gasteiger partial charge is 0.180 e. The van der Waals surface area contributed by atoms with Gasteiger partial charge in [-0.1, -0.05) is 24.1 Å². The van der Waals surface area contributed by atoms with E-state index < -0.39 is 15.1 Å². The molecule has 0 amide bonds. The van der Waals surface area contributed by atoms with E-state index in [9.17, 15) is 8.42 Å². The lowest BCUT2D eigenvalue weighted by Gasteiger charge is -2.10. The molecule has 1 heterocycles. The highest BCUT2D eigenvalue weighted by Crippen LogP contribution is 2.22. The first-order chi connectivity index (χ1) is 16.2. The fraction of sp³-hybridized carbons (Fsp3) is 0.308. The molecule has 1 aromatic heterocycles. The summed E-state index contributed by atoms with van der Waals surface area (Å²) in [6.07, 6.45) is 2.49. The van der Waals surface area contributed by atoms with Crippen molar-refractivity contribution in [2.45, 2.75) is 30.4 Å². The Morgan fingerprint density at radius 3 is 2.50 bits per heavy atom. The second-order valence-corrected chi connectivity index (χ2v) is 10.9. The van der Waals surface area contributed by atoms with Gasteiger partial charge in [-0.15, -0.1) is 0 Å². The van der Waals surface area contributed by atoms with E-state index in [0.29, 0.717) is 18.0 Å². The lowest BCUT2D eigenvalue weighted by Crippen LogP contribution is -2.15. The fourth-order valence-corrected chi connectivity index (χ4v) is 4.14. The highest BCUT2D eigenvalue weighted by Gasteiger charge is 2.19. The van der Waals surface area contributed by atoms with Gasteiger partial charge in [-0.2, -0.15) is 0 Å². The summed E-state index contributed by atoms with van der Waals surface area (Å²) < 4.78 is 30.5. The number of nitrogens with zero attached hydrogens (tertiary/aromatic N) is 3. The maximum atomic E-state index is 12.3. The van der Waals surface area contributed by atoms with Crippen LogP contribution in [0.2, 0.25) is 0 Å². The van der Waals surface area contributed by atoms with Crippen molar-refractivity contribution >= 4 is 15.7 Å². The summed E-state index contributed by atoms with van der Waals surface area (Å²) in [5, 5.41) is -0.488. The van der Waals surface area contributed by atoms with Crippen LogP contribution in [-0.4, -0.2) is 55.8 Å². The van der Waals surface area contributed by atoms with Gasteiger partial charge in [0.15, 0.2) is 21.3 Å². The molecule has 0 radical (unpaired) electrons. The summed E-state index contributed by atoms with van der Waals surface area (Å²) in [4.78, 5) is 11.1. The van der Waals surface area contributed by atoms with E-state index in [1.165, 1.54) is 0 Å². The average Bonchev–Trinajstić information content (AvgIpc) is 2.81. The van der Waals surface area contributed by atoms with Crippen molar-refractivity contribution in [3.63, 3.8) is 0 Å². The van der Waals surface area contributed by atoms with Gasteiger partial charge < -0.3 is 15.4 Å². The van der Waals surface area contributed by atoms with Crippen LogP contribution in [0.15, 0.2) is 59.6 Å². The Balaban J connectivity index is 1.78. The van der Waals surface area contributed by atoms with Gasteiger partial charge in [0.2, 0.25) is 0 Å². The van der Waals surface area contributed by atoms with Crippen LogP contribution in [-0.2, 0) is 9.84 Å². The molecule has 0 bridgehead atoms. The molecule has 178 valence electrons. The Bertz CT molecular complexity index is 1290. The third-order valence-corrected chi connectivity index (χ3v) is 7.25. The lowest BCUT2D eigenvalue weighted by atomic mass is 10.1. The average molecular weight is 479 g/mol. The minimum Gasteiger partial charge on any atom is -0.494 e. The van der Waals surface area contributed by atoms with Gasteiger partial charge in [-0.05, 0) is 70.6 Å². The Hall–Kier alpha value is -3.41. The minimum absolute atomic E-state index is 0.228. The predicted octanol–water partition coefficient (Wildman–Crippen LogP) is 3.64. The molecule has 3 rings (SSSR count). The lowest BCUT2D eigenvalue weighted by molar-refractivity contribution is 0.281. The normalized spacial score (nSPS) is 11.4. The number of aromatic nitrogens is 2. The van der Waals surface area contributed by atoms with E-state index >= 15 is 0 Å². The largest absolute Gasteiger partial charge is 0.494 e. The zero-order valence-electron chi connectivity index (χ0n) is 19.9. The van der Waals surface area contributed by atoms with Gasteiger partial charge >= 0.3 is 0 Å². The zero-order chi connectivity index (χ0) is 24.7. The van der Waals surface area contributed by atoms with Crippen molar-refractivity contribution in [1.29, 1.82) is 0 Å². The SMILES string of the molecule is CC(C)S(=O)(=O)c1ccc(-c2cnc(N)c(C#Cc3cccc(OCCCN(C)C)c3)n2)cc1. The summed E-state index contributed by atoms with van der Waals surface area (Å²) in [6, 6.07) is 14.1. The van der Waals surface area contributed by atoms with Crippen molar-refractivity contribution in [3.05, 3.63) is 66.0 Å². The van der Waals surface area contributed by atoms with Crippen molar-refractivity contribution in [2.24, 2.45) is 0 Å². The van der Waals surface area contributed by atoms with Gasteiger partial charge in [0.25, 0.3) is 0 Å². The van der Waals surface area contributed by atoms with Crippen LogP contribution in [0.5, 0.6) is 5.75 Å². The van der Waals surface area contributed by atoms with Gasteiger partial charge in [0.1, 0.15) is 5.75 Å². The molecule has 0 aliphatic rings. The highest BCUT2D eigenvalue weighted by molar-refractivity contribution is 7.92. The quantitative estimate of drug-likeness (QED) is 0.390. The summed E-state index contributed by atoms with van der Waals surface area (Å²) in [5.74, 6) is 7.05. The summed E-state index contributed by atoms with van der Waals surface area (Å²) in [6.45, 7) is 4.91. The fourth-order valence-electron chi connectivity index (χ4n) is 3.08. The molecule has 0 saturated heterocycles. The molecular weight excluding hydrogens is 448 g/mol. The van der Waals surface area contributed by atoms with Crippen LogP contribution in [0.1, 0.15) is 31.5 Å². The van der Waals surface area contributed by atoms with Crippen LogP contribution in [0.4, 0.5) is 5.82 Å². The molecule has 0 unspecified atom stereocenters. The second-order valence-electron chi connectivity index (χ2n) is 8.39.